The van der Waals surface area contributed by atoms with Crippen LogP contribution in [0.4, 0.5) is 0 Å². The molecule has 0 radical (unpaired) electrons. The minimum Gasteiger partial charge on any atom is -0.480 e. The average Bonchev–Trinajstić information content (AvgIpc) is 2.26. The third-order valence-corrected chi connectivity index (χ3v) is 2.29. The fraction of sp³-hybridized carbons (Fsp3) is 0.167. The van der Waals surface area contributed by atoms with E-state index in [0.717, 1.165) is 16.8 Å². The van der Waals surface area contributed by atoms with Crippen LogP contribution in [0.3, 0.4) is 0 Å². The van der Waals surface area contributed by atoms with Crippen molar-refractivity contribution >= 4 is 17.8 Å². The van der Waals surface area contributed by atoms with E-state index < -0.39 is 5.97 Å². The Kier molecular flexibility index (Phi) is 2.63. The molecule has 0 aliphatic heterocycles. The first kappa shape index (κ1) is 9.65. The van der Waals surface area contributed by atoms with Gasteiger partial charge in [-0.25, -0.2) is 0 Å². The summed E-state index contributed by atoms with van der Waals surface area (Å²) in [6.07, 6.45) is 4.75. The third kappa shape index (κ3) is 2.13. The van der Waals surface area contributed by atoms with Crippen LogP contribution < -0.4 is 0 Å². The Morgan fingerprint density at radius 3 is 3.00 bits per heavy atom. The quantitative estimate of drug-likeness (QED) is 0.795. The molecule has 3 nitrogen and oxygen atoms in total. The van der Waals surface area contributed by atoms with Crippen molar-refractivity contribution in [1.29, 1.82) is 0 Å². The summed E-state index contributed by atoms with van der Waals surface area (Å²) < 4.78 is 0. The van der Waals surface area contributed by atoms with Gasteiger partial charge in [-0.2, -0.15) is 0 Å². The van der Waals surface area contributed by atoms with Gasteiger partial charge in [0.2, 0.25) is 0 Å². The second kappa shape index (κ2) is 4.09. The number of fused-ring (bicyclic) bond motifs is 1. The van der Waals surface area contributed by atoms with Gasteiger partial charge >= 0.3 is 5.97 Å². The molecule has 0 amide bonds. The van der Waals surface area contributed by atoms with Gasteiger partial charge in [0.25, 0.3) is 0 Å². The van der Waals surface area contributed by atoms with Crippen LogP contribution in [-0.4, -0.2) is 23.3 Å². The first-order valence-corrected chi connectivity index (χ1v) is 4.78. The van der Waals surface area contributed by atoms with Gasteiger partial charge in [0, 0.05) is 17.7 Å². The smallest absolute Gasteiger partial charge is 0.325 e. The molecule has 0 saturated heterocycles. The lowest BCUT2D eigenvalue weighted by Crippen LogP contribution is -2.09. The van der Waals surface area contributed by atoms with E-state index in [0.29, 0.717) is 6.42 Å². The summed E-state index contributed by atoms with van der Waals surface area (Å²) in [6, 6.07) is 7.87. The van der Waals surface area contributed by atoms with Crippen LogP contribution in [0, 0.1) is 0 Å². The Morgan fingerprint density at radius 1 is 1.40 bits per heavy atom. The van der Waals surface area contributed by atoms with Gasteiger partial charge in [-0.05, 0) is 5.56 Å². The fourth-order valence-corrected chi connectivity index (χ4v) is 1.63. The van der Waals surface area contributed by atoms with Gasteiger partial charge in [0.15, 0.2) is 0 Å². The summed E-state index contributed by atoms with van der Waals surface area (Å²) in [4.78, 5) is 14.5. The van der Waals surface area contributed by atoms with Gasteiger partial charge in [-0.1, -0.05) is 36.4 Å². The monoisotopic (exact) mass is 201 g/mol. The summed E-state index contributed by atoms with van der Waals surface area (Å²) in [5.74, 6) is -0.894. The number of rotatable bonds is 2. The second-order valence-corrected chi connectivity index (χ2v) is 3.35. The second-order valence-electron chi connectivity index (χ2n) is 3.35. The molecular formula is C12H11NO2. The zero-order valence-corrected chi connectivity index (χ0v) is 8.18. The molecule has 0 fully saturated rings. The fourth-order valence-electron chi connectivity index (χ4n) is 1.63. The van der Waals surface area contributed by atoms with Crippen molar-refractivity contribution in [3.63, 3.8) is 0 Å². The van der Waals surface area contributed by atoms with Crippen molar-refractivity contribution < 1.29 is 9.90 Å². The highest BCUT2D eigenvalue weighted by Gasteiger charge is 2.10. The van der Waals surface area contributed by atoms with E-state index in [1.807, 2.05) is 36.4 Å². The van der Waals surface area contributed by atoms with E-state index in [1.165, 1.54) is 0 Å². The maximum Gasteiger partial charge on any atom is 0.325 e. The molecule has 15 heavy (non-hydrogen) atoms. The number of allylic oxidation sites excluding steroid dienone is 1. The highest BCUT2D eigenvalue weighted by Crippen LogP contribution is 2.19. The highest BCUT2D eigenvalue weighted by atomic mass is 16.4. The maximum atomic E-state index is 10.4. The number of carboxylic acids is 1. The molecule has 1 N–H and O–H groups in total. The van der Waals surface area contributed by atoms with E-state index in [2.05, 4.69) is 4.99 Å². The van der Waals surface area contributed by atoms with Crippen LogP contribution in [0.5, 0.6) is 0 Å². The zero-order chi connectivity index (χ0) is 10.7. The van der Waals surface area contributed by atoms with Gasteiger partial charge in [0.05, 0.1) is 0 Å². The summed E-state index contributed by atoms with van der Waals surface area (Å²) in [5, 5.41) is 8.57. The molecule has 0 unspecified atom stereocenters. The van der Waals surface area contributed by atoms with Crippen molar-refractivity contribution in [3.8, 4) is 0 Å². The average molecular weight is 201 g/mol. The lowest BCUT2D eigenvalue weighted by molar-refractivity contribution is -0.135. The van der Waals surface area contributed by atoms with E-state index in [1.54, 1.807) is 0 Å². The van der Waals surface area contributed by atoms with E-state index >= 15 is 0 Å². The first-order chi connectivity index (χ1) is 7.27. The molecule has 3 heteroatoms. The molecule has 1 aromatic carbocycles. The van der Waals surface area contributed by atoms with Crippen LogP contribution in [-0.2, 0) is 4.79 Å². The zero-order valence-electron chi connectivity index (χ0n) is 8.18. The van der Waals surface area contributed by atoms with Crippen molar-refractivity contribution in [3.05, 3.63) is 41.5 Å². The Morgan fingerprint density at radius 2 is 2.20 bits per heavy atom. The normalized spacial score (nSPS) is 16.4. The Labute approximate surface area is 87.8 Å². The van der Waals surface area contributed by atoms with Crippen molar-refractivity contribution in [2.45, 2.75) is 6.42 Å². The summed E-state index contributed by atoms with van der Waals surface area (Å²) in [7, 11) is 0. The molecule has 76 valence electrons. The molecule has 0 saturated carbocycles. The number of aliphatic imine (C=N–C) groups is 1. The van der Waals surface area contributed by atoms with Crippen LogP contribution in [0.2, 0.25) is 0 Å². The summed E-state index contributed by atoms with van der Waals surface area (Å²) >= 11 is 0. The Balaban J connectivity index is 2.34. The number of carbonyl (C=O) groups is 1. The Bertz CT molecular complexity index is 447. The molecular weight excluding hydrogens is 190 g/mol. The summed E-state index contributed by atoms with van der Waals surface area (Å²) in [5.41, 5.74) is 3.00. The number of benzene rings is 1. The van der Waals surface area contributed by atoms with E-state index in [-0.39, 0.29) is 6.54 Å². The molecule has 0 aromatic heterocycles. The number of nitrogens with zero attached hydrogens (tertiary/aromatic N) is 1. The molecule has 1 aliphatic carbocycles. The van der Waals surface area contributed by atoms with Crippen LogP contribution in [0.1, 0.15) is 17.5 Å². The standard InChI is InChI=1S/C12H11NO2/c14-12(15)8-13-11-7-3-5-9-4-1-2-6-10(9)11/h1-6H,7-8H2,(H,14,15). The molecule has 1 aliphatic rings. The molecule has 1 aromatic rings. The van der Waals surface area contributed by atoms with Crippen LogP contribution in [0.25, 0.3) is 6.08 Å². The largest absolute Gasteiger partial charge is 0.480 e. The predicted octanol–water partition coefficient (Wildman–Crippen LogP) is 1.98. The van der Waals surface area contributed by atoms with E-state index in [4.69, 9.17) is 5.11 Å². The minimum atomic E-state index is -0.894. The van der Waals surface area contributed by atoms with Crippen molar-refractivity contribution in [1.82, 2.24) is 0 Å². The lowest BCUT2D eigenvalue weighted by atomic mass is 9.96. The molecule has 0 atom stereocenters. The molecule has 0 bridgehead atoms. The van der Waals surface area contributed by atoms with Gasteiger partial charge in [0.1, 0.15) is 6.54 Å². The maximum absolute atomic E-state index is 10.4. The SMILES string of the molecule is O=C(O)CN=C1CC=Cc2ccccc21. The van der Waals surface area contributed by atoms with E-state index in [9.17, 15) is 4.79 Å². The van der Waals surface area contributed by atoms with Gasteiger partial charge < -0.3 is 5.11 Å². The number of aliphatic carboxylic acids is 1. The van der Waals surface area contributed by atoms with Crippen LogP contribution >= 0.6 is 0 Å². The number of hydrogen-bond donors (Lipinski definition) is 1. The van der Waals surface area contributed by atoms with Crippen molar-refractivity contribution in [2.75, 3.05) is 6.54 Å². The molecule has 2 rings (SSSR count). The predicted molar refractivity (Wildman–Crippen MR) is 59.1 cm³/mol. The highest BCUT2D eigenvalue weighted by molar-refractivity contribution is 6.06. The minimum absolute atomic E-state index is 0.155. The summed E-state index contributed by atoms with van der Waals surface area (Å²) in [6.45, 7) is -0.155. The van der Waals surface area contributed by atoms with Crippen LogP contribution in [0.15, 0.2) is 35.3 Å². The van der Waals surface area contributed by atoms with Gasteiger partial charge in [-0.3, -0.25) is 9.79 Å². The topological polar surface area (TPSA) is 49.7 Å². The Hall–Kier alpha value is -1.90. The van der Waals surface area contributed by atoms with Crippen molar-refractivity contribution in [2.24, 2.45) is 4.99 Å². The number of carboxylic acid groups (broad SMARTS) is 1. The molecule has 0 spiro atoms. The lowest BCUT2D eigenvalue weighted by Gasteiger charge is -2.12. The number of hydrogen-bond acceptors (Lipinski definition) is 2. The first-order valence-electron chi connectivity index (χ1n) is 4.78. The molecule has 0 heterocycles. The third-order valence-electron chi connectivity index (χ3n) is 2.29. The van der Waals surface area contributed by atoms with Gasteiger partial charge in [-0.15, -0.1) is 0 Å².